The van der Waals surface area contributed by atoms with Gasteiger partial charge in [0.05, 0.1) is 17.2 Å². The van der Waals surface area contributed by atoms with Gasteiger partial charge < -0.3 is 10.0 Å². The second kappa shape index (κ2) is 5.87. The van der Waals surface area contributed by atoms with Crippen molar-refractivity contribution in [3.8, 4) is 0 Å². The molecule has 0 bridgehead atoms. The van der Waals surface area contributed by atoms with Gasteiger partial charge in [-0.2, -0.15) is 0 Å². The van der Waals surface area contributed by atoms with Crippen molar-refractivity contribution in [3.05, 3.63) is 54.2 Å². The van der Waals surface area contributed by atoms with Crippen LogP contribution >= 0.6 is 0 Å². The van der Waals surface area contributed by atoms with E-state index in [-0.39, 0.29) is 5.91 Å². The van der Waals surface area contributed by atoms with Crippen molar-refractivity contribution in [2.45, 2.75) is 18.9 Å². The Kier molecular flexibility index (Phi) is 3.69. The molecule has 1 aromatic heterocycles. The third-order valence-electron chi connectivity index (χ3n) is 4.82. The zero-order chi connectivity index (χ0) is 16.7. The topological polar surface area (TPSA) is 53.4 Å². The fourth-order valence-electron chi connectivity index (χ4n) is 3.29. The van der Waals surface area contributed by atoms with Gasteiger partial charge in [-0.05, 0) is 41.7 Å². The summed E-state index contributed by atoms with van der Waals surface area (Å²) in [6.07, 6.45) is 3.40. The first-order chi connectivity index (χ1) is 11.6. The third kappa shape index (κ3) is 2.63. The normalized spacial score (nSPS) is 15.6. The molecule has 1 N–H and O–H groups in total. The predicted molar refractivity (Wildman–Crippen MR) is 94.9 cm³/mol. The summed E-state index contributed by atoms with van der Waals surface area (Å²) < 4.78 is 0. The van der Waals surface area contributed by atoms with Gasteiger partial charge in [0.2, 0.25) is 0 Å². The molecule has 0 spiro atoms. The van der Waals surface area contributed by atoms with E-state index in [1.807, 2.05) is 42.5 Å². The van der Waals surface area contributed by atoms with E-state index >= 15 is 0 Å². The molecule has 1 aliphatic carbocycles. The molecular formula is C20H20N2O2. The van der Waals surface area contributed by atoms with Crippen LogP contribution in [0.25, 0.3) is 21.7 Å². The lowest BCUT2D eigenvalue weighted by atomic mass is 10.00. The third-order valence-corrected chi connectivity index (χ3v) is 4.82. The predicted octanol–water partition coefficient (Wildman–Crippen LogP) is 3.23. The minimum absolute atomic E-state index is 0.0934. The SMILES string of the molecule is CN(CC(O)C1CC1)C(=O)c1cc2ccccc2c2cccnc12. The van der Waals surface area contributed by atoms with Crippen LogP contribution in [0.5, 0.6) is 0 Å². The molecule has 1 fully saturated rings. The Morgan fingerprint density at radius 1 is 1.25 bits per heavy atom. The molecule has 0 saturated heterocycles. The largest absolute Gasteiger partial charge is 0.391 e. The van der Waals surface area contributed by atoms with Gasteiger partial charge in [0.15, 0.2) is 0 Å². The van der Waals surface area contributed by atoms with Gasteiger partial charge in [-0.3, -0.25) is 9.78 Å². The smallest absolute Gasteiger partial charge is 0.255 e. The lowest BCUT2D eigenvalue weighted by Gasteiger charge is -2.21. The summed E-state index contributed by atoms with van der Waals surface area (Å²) in [5.74, 6) is 0.260. The highest BCUT2D eigenvalue weighted by Gasteiger charge is 2.31. The monoisotopic (exact) mass is 320 g/mol. The van der Waals surface area contributed by atoms with Crippen molar-refractivity contribution in [2.24, 2.45) is 5.92 Å². The quantitative estimate of drug-likeness (QED) is 0.751. The van der Waals surface area contributed by atoms with Crippen molar-refractivity contribution in [3.63, 3.8) is 0 Å². The van der Waals surface area contributed by atoms with Crippen LogP contribution in [0.2, 0.25) is 0 Å². The maximum absolute atomic E-state index is 13.0. The minimum Gasteiger partial charge on any atom is -0.391 e. The maximum Gasteiger partial charge on any atom is 0.255 e. The summed E-state index contributed by atoms with van der Waals surface area (Å²) >= 11 is 0. The van der Waals surface area contributed by atoms with Gasteiger partial charge in [0, 0.05) is 25.2 Å². The summed E-state index contributed by atoms with van der Waals surface area (Å²) in [6, 6.07) is 13.8. The fourth-order valence-corrected chi connectivity index (χ4v) is 3.29. The van der Waals surface area contributed by atoms with Gasteiger partial charge in [0.1, 0.15) is 0 Å². The molecule has 4 nitrogen and oxygen atoms in total. The number of hydrogen-bond donors (Lipinski definition) is 1. The number of rotatable bonds is 4. The van der Waals surface area contributed by atoms with E-state index in [1.54, 1.807) is 18.1 Å². The number of aromatic nitrogens is 1. The molecule has 24 heavy (non-hydrogen) atoms. The lowest BCUT2D eigenvalue weighted by molar-refractivity contribution is 0.0647. The number of hydrogen-bond acceptors (Lipinski definition) is 3. The second-order valence-electron chi connectivity index (χ2n) is 6.64. The summed E-state index contributed by atoms with van der Waals surface area (Å²) in [5, 5.41) is 13.2. The Balaban J connectivity index is 1.77. The van der Waals surface area contributed by atoms with Crippen molar-refractivity contribution < 1.29 is 9.90 Å². The molecule has 1 atom stereocenters. The highest BCUT2D eigenvalue weighted by molar-refractivity contribution is 6.15. The molecule has 4 heteroatoms. The number of benzene rings is 2. The van der Waals surface area contributed by atoms with Crippen LogP contribution in [-0.2, 0) is 0 Å². The Bertz CT molecular complexity index is 918. The van der Waals surface area contributed by atoms with Crippen molar-refractivity contribution >= 4 is 27.6 Å². The van der Waals surface area contributed by atoms with Crippen LogP contribution in [0.4, 0.5) is 0 Å². The van der Waals surface area contributed by atoms with Crippen LogP contribution in [0.3, 0.4) is 0 Å². The van der Waals surface area contributed by atoms with E-state index in [4.69, 9.17) is 0 Å². The van der Waals surface area contributed by atoms with Crippen LogP contribution in [0.1, 0.15) is 23.2 Å². The lowest BCUT2D eigenvalue weighted by Crippen LogP contribution is -2.35. The van der Waals surface area contributed by atoms with E-state index in [9.17, 15) is 9.90 Å². The summed E-state index contributed by atoms with van der Waals surface area (Å²) in [7, 11) is 1.75. The van der Waals surface area contributed by atoms with Crippen LogP contribution in [0, 0.1) is 5.92 Å². The Morgan fingerprint density at radius 2 is 2.00 bits per heavy atom. The average Bonchev–Trinajstić information content (AvgIpc) is 3.45. The molecule has 4 rings (SSSR count). The number of carbonyl (C=O) groups is 1. The molecule has 122 valence electrons. The molecule has 2 aromatic carbocycles. The first kappa shape index (κ1) is 15.1. The summed E-state index contributed by atoms with van der Waals surface area (Å²) in [5.41, 5.74) is 1.31. The van der Waals surface area contributed by atoms with Crippen LogP contribution in [0.15, 0.2) is 48.7 Å². The zero-order valence-corrected chi connectivity index (χ0v) is 13.6. The van der Waals surface area contributed by atoms with Gasteiger partial charge in [-0.1, -0.05) is 30.3 Å². The molecule has 3 aromatic rings. The number of aliphatic hydroxyl groups is 1. The van der Waals surface area contributed by atoms with Gasteiger partial charge in [-0.25, -0.2) is 0 Å². The number of likely N-dealkylation sites (N-methyl/N-ethyl adjacent to an activating group) is 1. The average molecular weight is 320 g/mol. The van der Waals surface area contributed by atoms with Gasteiger partial charge in [-0.15, -0.1) is 0 Å². The summed E-state index contributed by atoms with van der Waals surface area (Å²) in [6.45, 7) is 0.366. The van der Waals surface area contributed by atoms with Gasteiger partial charge in [0.25, 0.3) is 5.91 Å². The molecule has 0 aliphatic heterocycles. The van der Waals surface area contributed by atoms with E-state index in [1.165, 1.54) is 0 Å². The standard InChI is InChI=1S/C20H20N2O2/c1-22(12-18(23)13-8-9-13)20(24)17-11-14-5-2-3-6-15(14)16-7-4-10-21-19(16)17/h2-7,10-11,13,18,23H,8-9,12H2,1H3. The highest BCUT2D eigenvalue weighted by Crippen LogP contribution is 2.33. The first-order valence-corrected chi connectivity index (χ1v) is 8.35. The molecule has 1 amide bonds. The molecule has 0 radical (unpaired) electrons. The van der Waals surface area contributed by atoms with Crippen LogP contribution in [-0.4, -0.2) is 40.6 Å². The maximum atomic E-state index is 13.0. The Hall–Kier alpha value is -2.46. The number of pyridine rings is 1. The van der Waals surface area contributed by atoms with E-state index in [0.29, 0.717) is 23.5 Å². The molecule has 1 saturated carbocycles. The van der Waals surface area contributed by atoms with E-state index < -0.39 is 6.10 Å². The van der Waals surface area contributed by atoms with Crippen molar-refractivity contribution in [2.75, 3.05) is 13.6 Å². The second-order valence-corrected chi connectivity index (χ2v) is 6.64. The number of carbonyl (C=O) groups excluding carboxylic acids is 1. The highest BCUT2D eigenvalue weighted by atomic mass is 16.3. The number of amides is 1. The molecule has 1 heterocycles. The van der Waals surface area contributed by atoms with Crippen molar-refractivity contribution in [1.29, 1.82) is 0 Å². The van der Waals surface area contributed by atoms with Gasteiger partial charge >= 0.3 is 0 Å². The fraction of sp³-hybridized carbons (Fsp3) is 0.300. The van der Waals surface area contributed by atoms with E-state index in [0.717, 1.165) is 29.0 Å². The molecule has 1 unspecified atom stereocenters. The Labute approximate surface area is 140 Å². The molecular weight excluding hydrogens is 300 g/mol. The zero-order valence-electron chi connectivity index (χ0n) is 13.6. The molecule has 1 aliphatic rings. The van der Waals surface area contributed by atoms with Crippen LogP contribution < -0.4 is 0 Å². The number of fused-ring (bicyclic) bond motifs is 3. The number of nitrogens with zero attached hydrogens (tertiary/aromatic N) is 2. The number of aliphatic hydroxyl groups excluding tert-OH is 1. The first-order valence-electron chi connectivity index (χ1n) is 8.35. The van der Waals surface area contributed by atoms with Crippen molar-refractivity contribution in [1.82, 2.24) is 9.88 Å². The summed E-state index contributed by atoms with van der Waals surface area (Å²) in [4.78, 5) is 19.0. The minimum atomic E-state index is -0.432. The Morgan fingerprint density at radius 3 is 2.79 bits per heavy atom. The van der Waals surface area contributed by atoms with E-state index in [2.05, 4.69) is 4.98 Å².